The Morgan fingerprint density at radius 1 is 1.56 bits per heavy atom. The minimum atomic E-state index is -0.0390. The molecule has 1 atom stereocenters. The maximum atomic E-state index is 12.1. The van der Waals surface area contributed by atoms with Crippen LogP contribution in [-0.2, 0) is 11.2 Å². The number of nitrogens with one attached hydrogen (secondary N) is 1. The molecule has 1 aliphatic rings. The molecule has 1 saturated heterocycles. The maximum Gasteiger partial charge on any atom is 0.251 e. The first kappa shape index (κ1) is 12.9. The van der Waals surface area contributed by atoms with E-state index in [-0.39, 0.29) is 11.9 Å². The zero-order valence-electron chi connectivity index (χ0n) is 10.9. The summed E-state index contributed by atoms with van der Waals surface area (Å²) in [5.74, 6) is 0.793. The molecule has 0 spiro atoms. The van der Waals surface area contributed by atoms with Gasteiger partial charge in [0.1, 0.15) is 5.75 Å². The van der Waals surface area contributed by atoms with Gasteiger partial charge in [-0.05, 0) is 36.6 Å². The topological polar surface area (TPSA) is 47.6 Å². The van der Waals surface area contributed by atoms with Crippen LogP contribution < -0.4 is 10.1 Å². The lowest BCUT2D eigenvalue weighted by atomic mass is 10.1. The van der Waals surface area contributed by atoms with Crippen LogP contribution in [0, 0.1) is 0 Å². The van der Waals surface area contributed by atoms with Crippen LogP contribution in [0.4, 0.5) is 0 Å². The molecule has 0 bridgehead atoms. The molecule has 0 aliphatic carbocycles. The van der Waals surface area contributed by atoms with Gasteiger partial charge in [0, 0.05) is 12.2 Å². The van der Waals surface area contributed by atoms with Gasteiger partial charge in [-0.2, -0.15) is 0 Å². The number of aryl methyl sites for hydroxylation is 1. The average Bonchev–Trinajstić information content (AvgIpc) is 2.90. The first-order valence-corrected chi connectivity index (χ1v) is 6.30. The van der Waals surface area contributed by atoms with Gasteiger partial charge >= 0.3 is 0 Å². The van der Waals surface area contributed by atoms with E-state index in [1.807, 2.05) is 19.1 Å². The van der Waals surface area contributed by atoms with Gasteiger partial charge < -0.3 is 14.8 Å². The smallest absolute Gasteiger partial charge is 0.251 e. The summed E-state index contributed by atoms with van der Waals surface area (Å²) in [4.78, 5) is 12.1. The largest absolute Gasteiger partial charge is 0.496 e. The number of carbonyl (C=O) groups excluding carboxylic acids is 1. The summed E-state index contributed by atoms with van der Waals surface area (Å²) >= 11 is 0. The first-order chi connectivity index (χ1) is 8.74. The van der Waals surface area contributed by atoms with E-state index in [1.165, 1.54) is 0 Å². The lowest BCUT2D eigenvalue weighted by molar-refractivity contribution is 0.0930. The van der Waals surface area contributed by atoms with Crippen molar-refractivity contribution in [3.63, 3.8) is 0 Å². The average molecular weight is 249 g/mol. The van der Waals surface area contributed by atoms with Crippen molar-refractivity contribution in [2.75, 3.05) is 20.3 Å². The predicted molar refractivity (Wildman–Crippen MR) is 69.1 cm³/mol. The van der Waals surface area contributed by atoms with Crippen LogP contribution in [0.3, 0.4) is 0 Å². The van der Waals surface area contributed by atoms with Gasteiger partial charge in [-0.15, -0.1) is 0 Å². The van der Waals surface area contributed by atoms with Crippen LogP contribution in [-0.4, -0.2) is 32.3 Å². The summed E-state index contributed by atoms with van der Waals surface area (Å²) in [5, 5.41) is 2.98. The minimum absolute atomic E-state index is 0.0390. The van der Waals surface area contributed by atoms with Gasteiger partial charge in [0.25, 0.3) is 5.91 Å². The zero-order valence-corrected chi connectivity index (χ0v) is 10.9. The lowest BCUT2D eigenvalue weighted by Gasteiger charge is -2.12. The second kappa shape index (κ2) is 5.87. The molecule has 1 aliphatic heterocycles. The quantitative estimate of drug-likeness (QED) is 0.884. The van der Waals surface area contributed by atoms with Crippen LogP contribution in [0.25, 0.3) is 0 Å². The van der Waals surface area contributed by atoms with Crippen molar-refractivity contribution < 1.29 is 14.3 Å². The highest BCUT2D eigenvalue weighted by Gasteiger charge is 2.19. The summed E-state index contributed by atoms with van der Waals surface area (Å²) < 4.78 is 10.5. The van der Waals surface area contributed by atoms with Crippen LogP contribution in [0.1, 0.15) is 29.3 Å². The molecule has 4 heteroatoms. The molecule has 1 unspecified atom stereocenters. The summed E-state index contributed by atoms with van der Waals surface area (Å²) in [7, 11) is 1.64. The van der Waals surface area contributed by atoms with Crippen LogP contribution in [0.2, 0.25) is 0 Å². The summed E-state index contributed by atoms with van der Waals surface area (Å²) in [6, 6.07) is 5.68. The third-order valence-electron chi connectivity index (χ3n) is 3.19. The number of hydrogen-bond donors (Lipinski definition) is 1. The molecule has 1 N–H and O–H groups in total. The fourth-order valence-corrected chi connectivity index (χ4v) is 2.11. The van der Waals surface area contributed by atoms with Crippen molar-refractivity contribution in [2.24, 2.45) is 0 Å². The highest BCUT2D eigenvalue weighted by Crippen LogP contribution is 2.20. The van der Waals surface area contributed by atoms with Gasteiger partial charge in [-0.1, -0.05) is 6.92 Å². The molecular formula is C14H19NO3. The molecule has 2 rings (SSSR count). The Morgan fingerprint density at radius 2 is 2.39 bits per heavy atom. The van der Waals surface area contributed by atoms with Gasteiger partial charge in [0.15, 0.2) is 0 Å². The van der Waals surface area contributed by atoms with E-state index in [9.17, 15) is 4.79 Å². The van der Waals surface area contributed by atoms with E-state index in [0.29, 0.717) is 12.2 Å². The molecule has 18 heavy (non-hydrogen) atoms. The highest BCUT2D eigenvalue weighted by molar-refractivity contribution is 5.94. The molecule has 1 heterocycles. The van der Waals surface area contributed by atoms with Gasteiger partial charge in [0.05, 0.1) is 19.8 Å². The molecule has 0 aromatic heterocycles. The normalized spacial score (nSPS) is 18.7. The van der Waals surface area contributed by atoms with Gasteiger partial charge in [-0.25, -0.2) is 0 Å². The molecule has 1 aromatic carbocycles. The molecule has 4 nitrogen and oxygen atoms in total. The Balaban J connectivity index is 2.09. The number of methoxy groups -OCH3 is 1. The van der Waals surface area contributed by atoms with Crippen LogP contribution >= 0.6 is 0 Å². The fraction of sp³-hybridized carbons (Fsp3) is 0.500. The number of ether oxygens (including phenoxy) is 2. The number of carbonyl (C=O) groups is 1. The SMILES string of the molecule is CCc1cc(C(=O)NC2CCOC2)ccc1OC. The molecule has 1 amide bonds. The third-order valence-corrected chi connectivity index (χ3v) is 3.19. The summed E-state index contributed by atoms with van der Waals surface area (Å²) in [6.45, 7) is 3.39. The number of rotatable bonds is 4. The van der Waals surface area contributed by atoms with Crippen molar-refractivity contribution in [1.29, 1.82) is 0 Å². The second-order valence-electron chi connectivity index (χ2n) is 4.41. The van der Waals surface area contributed by atoms with E-state index >= 15 is 0 Å². The van der Waals surface area contributed by atoms with E-state index in [4.69, 9.17) is 9.47 Å². The van der Waals surface area contributed by atoms with Crippen molar-refractivity contribution in [3.05, 3.63) is 29.3 Å². The summed E-state index contributed by atoms with van der Waals surface area (Å²) in [6.07, 6.45) is 1.74. The molecule has 0 radical (unpaired) electrons. The molecule has 1 aromatic rings. The minimum Gasteiger partial charge on any atom is -0.496 e. The number of amides is 1. The van der Waals surface area contributed by atoms with Crippen molar-refractivity contribution >= 4 is 5.91 Å². The summed E-state index contributed by atoms with van der Waals surface area (Å²) in [5.41, 5.74) is 1.73. The van der Waals surface area contributed by atoms with E-state index in [2.05, 4.69) is 5.32 Å². The second-order valence-corrected chi connectivity index (χ2v) is 4.41. The molecular weight excluding hydrogens is 230 g/mol. The fourth-order valence-electron chi connectivity index (χ4n) is 2.11. The Kier molecular flexibility index (Phi) is 4.20. The Morgan fingerprint density at radius 3 is 3.00 bits per heavy atom. The number of benzene rings is 1. The van der Waals surface area contributed by atoms with Crippen LogP contribution in [0.15, 0.2) is 18.2 Å². The van der Waals surface area contributed by atoms with Crippen LogP contribution in [0.5, 0.6) is 5.75 Å². The zero-order chi connectivity index (χ0) is 13.0. The number of hydrogen-bond acceptors (Lipinski definition) is 3. The standard InChI is InChI=1S/C14H19NO3/c1-3-10-8-11(4-5-13(10)17-2)14(16)15-12-6-7-18-9-12/h4-5,8,12H,3,6-7,9H2,1-2H3,(H,15,16). The first-order valence-electron chi connectivity index (χ1n) is 6.30. The van der Waals surface area contributed by atoms with E-state index in [1.54, 1.807) is 13.2 Å². The highest BCUT2D eigenvalue weighted by atomic mass is 16.5. The Labute approximate surface area is 107 Å². The van der Waals surface area contributed by atoms with Crippen molar-refractivity contribution in [2.45, 2.75) is 25.8 Å². The molecule has 98 valence electrons. The van der Waals surface area contributed by atoms with Gasteiger partial charge in [0.2, 0.25) is 0 Å². The van der Waals surface area contributed by atoms with Crippen molar-refractivity contribution in [1.82, 2.24) is 5.32 Å². The monoisotopic (exact) mass is 249 g/mol. The van der Waals surface area contributed by atoms with Gasteiger partial charge in [-0.3, -0.25) is 4.79 Å². The Hall–Kier alpha value is -1.55. The molecule has 0 saturated carbocycles. The third kappa shape index (κ3) is 2.82. The predicted octanol–water partition coefficient (Wildman–Crippen LogP) is 1.78. The van der Waals surface area contributed by atoms with E-state index in [0.717, 1.165) is 30.8 Å². The van der Waals surface area contributed by atoms with Crippen molar-refractivity contribution in [3.8, 4) is 5.75 Å². The lowest BCUT2D eigenvalue weighted by Crippen LogP contribution is -2.35. The molecule has 1 fully saturated rings. The maximum absolute atomic E-state index is 12.1. The van der Waals surface area contributed by atoms with E-state index < -0.39 is 0 Å². The Bertz CT molecular complexity index is 425.